The highest BCUT2D eigenvalue weighted by atomic mass is 16.5. The number of hydrogen-bond acceptors (Lipinski definition) is 3. The van der Waals surface area contributed by atoms with E-state index in [2.05, 4.69) is 4.74 Å². The molecule has 0 aromatic carbocycles. The lowest BCUT2D eigenvalue weighted by Gasteiger charge is -2.21. The van der Waals surface area contributed by atoms with Gasteiger partial charge >= 0.3 is 5.97 Å². The molecule has 0 rings (SSSR count). The van der Waals surface area contributed by atoms with Crippen LogP contribution >= 0.6 is 0 Å². The second-order valence-electron chi connectivity index (χ2n) is 3.60. The summed E-state index contributed by atoms with van der Waals surface area (Å²) in [6.07, 6.45) is 3.50. The lowest BCUT2D eigenvalue weighted by molar-refractivity contribution is -0.145. The number of carbonyl (C=O) groups excluding carboxylic acids is 2. The lowest BCUT2D eigenvalue weighted by Crippen LogP contribution is -2.37. The molecular weight excluding hydrogens is 206 g/mol. The summed E-state index contributed by atoms with van der Waals surface area (Å²) in [7, 11) is 1.33. The van der Waals surface area contributed by atoms with Crippen molar-refractivity contribution in [2.45, 2.75) is 33.6 Å². The molecule has 0 saturated heterocycles. The normalized spacial score (nSPS) is 11.1. The van der Waals surface area contributed by atoms with Gasteiger partial charge in [-0.15, -0.1) is 0 Å². The van der Waals surface area contributed by atoms with E-state index in [1.54, 1.807) is 6.92 Å². The van der Waals surface area contributed by atoms with Gasteiger partial charge in [0.15, 0.2) is 0 Å². The summed E-state index contributed by atoms with van der Waals surface area (Å²) in [5.41, 5.74) is 0.680. The number of ether oxygens (including phenoxy) is 1. The SMILES string of the molecule is CCC=C(C)C(=O)N(CCC)CC(=O)OC. The Balaban J connectivity index is 4.58. The molecule has 0 aromatic rings. The van der Waals surface area contributed by atoms with Crippen LogP contribution in [0.1, 0.15) is 33.6 Å². The molecule has 0 unspecified atom stereocenters. The van der Waals surface area contributed by atoms with E-state index >= 15 is 0 Å². The third-order valence-corrected chi connectivity index (χ3v) is 2.18. The molecule has 0 atom stereocenters. The summed E-state index contributed by atoms with van der Waals surface area (Å²) in [6, 6.07) is 0. The molecule has 0 saturated carbocycles. The number of rotatable bonds is 6. The summed E-state index contributed by atoms with van der Waals surface area (Å²) in [5.74, 6) is -0.472. The first kappa shape index (κ1) is 14.7. The van der Waals surface area contributed by atoms with E-state index < -0.39 is 0 Å². The number of amides is 1. The predicted octanol–water partition coefficient (Wildman–Crippen LogP) is 1.75. The van der Waals surface area contributed by atoms with E-state index in [-0.39, 0.29) is 18.4 Å². The molecule has 0 N–H and O–H groups in total. The smallest absolute Gasteiger partial charge is 0.325 e. The van der Waals surface area contributed by atoms with Crippen molar-refractivity contribution in [3.05, 3.63) is 11.6 Å². The Morgan fingerprint density at radius 2 is 1.94 bits per heavy atom. The Bertz CT molecular complexity index is 271. The van der Waals surface area contributed by atoms with Gasteiger partial charge in [0.1, 0.15) is 6.54 Å². The summed E-state index contributed by atoms with van der Waals surface area (Å²) < 4.78 is 4.56. The molecule has 0 heterocycles. The zero-order valence-electron chi connectivity index (χ0n) is 10.6. The van der Waals surface area contributed by atoms with E-state index in [0.717, 1.165) is 12.8 Å². The van der Waals surface area contributed by atoms with E-state index in [4.69, 9.17) is 0 Å². The van der Waals surface area contributed by atoms with Crippen molar-refractivity contribution in [3.8, 4) is 0 Å². The molecule has 0 fully saturated rings. The average Bonchev–Trinajstić information content (AvgIpc) is 2.27. The van der Waals surface area contributed by atoms with Gasteiger partial charge in [-0.2, -0.15) is 0 Å². The molecule has 0 aliphatic carbocycles. The minimum atomic E-state index is -0.383. The van der Waals surface area contributed by atoms with Crippen molar-refractivity contribution in [2.75, 3.05) is 20.2 Å². The van der Waals surface area contributed by atoms with Crippen LogP contribution in [0.15, 0.2) is 11.6 Å². The molecule has 0 bridgehead atoms. The topological polar surface area (TPSA) is 46.6 Å². The third kappa shape index (κ3) is 4.96. The van der Waals surface area contributed by atoms with Crippen molar-refractivity contribution in [1.29, 1.82) is 0 Å². The highest BCUT2D eigenvalue weighted by Crippen LogP contribution is 2.04. The fourth-order valence-corrected chi connectivity index (χ4v) is 1.39. The number of carbonyl (C=O) groups is 2. The zero-order chi connectivity index (χ0) is 12.6. The molecule has 16 heavy (non-hydrogen) atoms. The van der Waals surface area contributed by atoms with Gasteiger partial charge in [-0.05, 0) is 19.8 Å². The second-order valence-corrected chi connectivity index (χ2v) is 3.60. The molecule has 0 spiro atoms. The monoisotopic (exact) mass is 227 g/mol. The van der Waals surface area contributed by atoms with Crippen LogP contribution in [0.25, 0.3) is 0 Å². The van der Waals surface area contributed by atoms with Crippen LogP contribution < -0.4 is 0 Å². The summed E-state index contributed by atoms with van der Waals surface area (Å²) >= 11 is 0. The van der Waals surface area contributed by atoms with Crippen LogP contribution in [0, 0.1) is 0 Å². The zero-order valence-corrected chi connectivity index (χ0v) is 10.6. The highest BCUT2D eigenvalue weighted by Gasteiger charge is 2.17. The van der Waals surface area contributed by atoms with E-state index in [0.29, 0.717) is 12.1 Å². The van der Waals surface area contributed by atoms with Gasteiger partial charge < -0.3 is 9.64 Å². The Morgan fingerprint density at radius 1 is 1.31 bits per heavy atom. The Hall–Kier alpha value is -1.32. The largest absolute Gasteiger partial charge is 0.468 e. The fraction of sp³-hybridized carbons (Fsp3) is 0.667. The third-order valence-electron chi connectivity index (χ3n) is 2.18. The minimum Gasteiger partial charge on any atom is -0.468 e. The van der Waals surface area contributed by atoms with E-state index in [1.165, 1.54) is 12.0 Å². The van der Waals surface area contributed by atoms with Gasteiger partial charge in [0.05, 0.1) is 7.11 Å². The van der Waals surface area contributed by atoms with Crippen LogP contribution in [0.5, 0.6) is 0 Å². The number of methoxy groups -OCH3 is 1. The van der Waals surface area contributed by atoms with Crippen molar-refractivity contribution in [3.63, 3.8) is 0 Å². The number of esters is 1. The number of allylic oxidation sites excluding steroid dienone is 1. The molecule has 4 nitrogen and oxygen atoms in total. The van der Waals surface area contributed by atoms with Crippen molar-refractivity contribution in [2.24, 2.45) is 0 Å². The van der Waals surface area contributed by atoms with Gasteiger partial charge in [0, 0.05) is 12.1 Å². The first-order valence-electron chi connectivity index (χ1n) is 5.59. The van der Waals surface area contributed by atoms with Gasteiger partial charge in [0.25, 0.3) is 0 Å². The first-order valence-corrected chi connectivity index (χ1v) is 5.59. The molecule has 92 valence electrons. The predicted molar refractivity (Wildman–Crippen MR) is 62.9 cm³/mol. The molecule has 1 amide bonds. The molecule has 0 aliphatic rings. The van der Waals surface area contributed by atoms with Crippen molar-refractivity contribution >= 4 is 11.9 Å². The molecule has 0 aromatic heterocycles. The van der Waals surface area contributed by atoms with Crippen LogP contribution in [-0.2, 0) is 14.3 Å². The van der Waals surface area contributed by atoms with Crippen molar-refractivity contribution in [1.82, 2.24) is 4.90 Å². The number of hydrogen-bond donors (Lipinski definition) is 0. The first-order chi connectivity index (χ1) is 7.56. The highest BCUT2D eigenvalue weighted by molar-refractivity contribution is 5.94. The summed E-state index contributed by atoms with van der Waals surface area (Å²) in [4.78, 5) is 24.6. The van der Waals surface area contributed by atoms with E-state index in [1.807, 2.05) is 19.9 Å². The second kappa shape index (κ2) is 7.91. The Labute approximate surface area is 97.3 Å². The van der Waals surface area contributed by atoms with Crippen LogP contribution in [-0.4, -0.2) is 37.0 Å². The summed E-state index contributed by atoms with van der Waals surface area (Å²) in [5, 5.41) is 0. The Morgan fingerprint density at radius 3 is 2.38 bits per heavy atom. The van der Waals surface area contributed by atoms with Crippen LogP contribution in [0.2, 0.25) is 0 Å². The van der Waals surface area contributed by atoms with Crippen LogP contribution in [0.4, 0.5) is 0 Å². The fourth-order valence-electron chi connectivity index (χ4n) is 1.39. The quantitative estimate of drug-likeness (QED) is 0.513. The molecule has 4 heteroatoms. The number of nitrogens with zero attached hydrogens (tertiary/aromatic N) is 1. The maximum absolute atomic E-state index is 11.9. The van der Waals surface area contributed by atoms with Gasteiger partial charge in [-0.25, -0.2) is 0 Å². The lowest BCUT2D eigenvalue weighted by atomic mass is 10.2. The molecule has 0 aliphatic heterocycles. The van der Waals surface area contributed by atoms with Gasteiger partial charge in [-0.1, -0.05) is 19.9 Å². The molecular formula is C12H21NO3. The maximum Gasteiger partial charge on any atom is 0.325 e. The van der Waals surface area contributed by atoms with Gasteiger partial charge in [-0.3, -0.25) is 9.59 Å². The van der Waals surface area contributed by atoms with Crippen molar-refractivity contribution < 1.29 is 14.3 Å². The van der Waals surface area contributed by atoms with Gasteiger partial charge in [0.2, 0.25) is 5.91 Å². The standard InChI is InChI=1S/C12H21NO3/c1-5-7-10(3)12(15)13(8-6-2)9-11(14)16-4/h7H,5-6,8-9H2,1-4H3. The van der Waals surface area contributed by atoms with E-state index in [9.17, 15) is 9.59 Å². The summed E-state index contributed by atoms with van der Waals surface area (Å²) in [6.45, 7) is 6.31. The average molecular weight is 227 g/mol. The van der Waals surface area contributed by atoms with Crippen LogP contribution in [0.3, 0.4) is 0 Å². The Kier molecular flexibility index (Phi) is 7.25. The minimum absolute atomic E-state index is 0.0259. The molecule has 0 radical (unpaired) electrons. The maximum atomic E-state index is 11.9.